The van der Waals surface area contributed by atoms with Crippen molar-refractivity contribution in [3.05, 3.63) is 64.9 Å². The van der Waals surface area contributed by atoms with E-state index < -0.39 is 10.0 Å². The number of morpholine rings is 1. The topological polar surface area (TPSA) is 80.0 Å². The molecule has 2 saturated heterocycles. The van der Waals surface area contributed by atoms with E-state index in [1.165, 1.54) is 4.31 Å². The molecule has 2 fully saturated rings. The number of hydrogen-bond donors (Lipinski definition) is 0. The van der Waals surface area contributed by atoms with Crippen molar-refractivity contribution in [2.24, 2.45) is 4.99 Å². The third kappa shape index (κ3) is 4.86. The van der Waals surface area contributed by atoms with Crippen molar-refractivity contribution in [3.63, 3.8) is 0 Å². The molecule has 184 valence electrons. The predicted octanol–water partition coefficient (Wildman–Crippen LogP) is 4.21. The molecule has 2 aliphatic rings. The Hall–Kier alpha value is -2.72. The first-order chi connectivity index (χ1) is 16.9. The molecule has 2 aromatic carbocycles. The standard InChI is InChI=1S/C25H28ClN5O3S/c1-19-22(25(26)31(28-19)20-7-3-2-4-8-20)18-27-23-17-21(9-10-24(23)29-11-5-6-12-29)35(32,33)30-13-15-34-16-14-30/h2-4,7-10,17-18H,5-6,11-16H2,1H3. The van der Waals surface area contributed by atoms with Gasteiger partial charge in [-0.25, -0.2) is 13.1 Å². The van der Waals surface area contributed by atoms with Crippen LogP contribution < -0.4 is 4.90 Å². The van der Waals surface area contributed by atoms with E-state index in [0.29, 0.717) is 42.7 Å². The molecule has 2 aliphatic heterocycles. The van der Waals surface area contributed by atoms with Crippen molar-refractivity contribution in [1.29, 1.82) is 0 Å². The summed E-state index contributed by atoms with van der Waals surface area (Å²) in [6, 6.07) is 14.9. The molecule has 0 bridgehead atoms. The van der Waals surface area contributed by atoms with E-state index in [2.05, 4.69) is 10.00 Å². The van der Waals surface area contributed by atoms with Crippen molar-refractivity contribution >= 4 is 39.2 Å². The van der Waals surface area contributed by atoms with Gasteiger partial charge in [0, 0.05) is 32.4 Å². The normalized spacial score (nSPS) is 17.5. The highest BCUT2D eigenvalue weighted by Crippen LogP contribution is 2.35. The number of benzene rings is 2. The van der Waals surface area contributed by atoms with Gasteiger partial charge >= 0.3 is 0 Å². The summed E-state index contributed by atoms with van der Waals surface area (Å²) in [4.78, 5) is 7.24. The van der Waals surface area contributed by atoms with E-state index >= 15 is 0 Å². The molecule has 3 heterocycles. The minimum Gasteiger partial charge on any atom is -0.379 e. The Kier molecular flexibility index (Phi) is 6.93. The van der Waals surface area contributed by atoms with Crippen LogP contribution in [0.2, 0.25) is 5.15 Å². The van der Waals surface area contributed by atoms with E-state index in [9.17, 15) is 8.42 Å². The minimum atomic E-state index is -3.64. The van der Waals surface area contributed by atoms with Crippen LogP contribution in [0.5, 0.6) is 0 Å². The molecule has 0 spiro atoms. The zero-order chi connectivity index (χ0) is 24.4. The third-order valence-electron chi connectivity index (χ3n) is 6.38. The molecule has 0 amide bonds. The second kappa shape index (κ2) is 10.1. The van der Waals surface area contributed by atoms with Gasteiger partial charge in [0.25, 0.3) is 0 Å². The number of rotatable bonds is 6. The van der Waals surface area contributed by atoms with Crippen molar-refractivity contribution in [2.75, 3.05) is 44.3 Å². The molecule has 0 radical (unpaired) electrons. The van der Waals surface area contributed by atoms with Crippen LogP contribution in [0, 0.1) is 6.92 Å². The van der Waals surface area contributed by atoms with Crippen LogP contribution in [0.1, 0.15) is 24.1 Å². The average Bonchev–Trinajstić information content (AvgIpc) is 3.52. The van der Waals surface area contributed by atoms with Gasteiger partial charge in [-0.2, -0.15) is 9.40 Å². The van der Waals surface area contributed by atoms with Crippen LogP contribution in [0.15, 0.2) is 58.4 Å². The third-order valence-corrected chi connectivity index (χ3v) is 8.64. The van der Waals surface area contributed by atoms with Gasteiger partial charge in [-0.15, -0.1) is 0 Å². The van der Waals surface area contributed by atoms with Gasteiger partial charge in [0.15, 0.2) is 0 Å². The quantitative estimate of drug-likeness (QED) is 0.461. The number of aryl methyl sites for hydroxylation is 1. The fraction of sp³-hybridized carbons (Fsp3) is 0.360. The molecule has 35 heavy (non-hydrogen) atoms. The first kappa shape index (κ1) is 24.0. The first-order valence-electron chi connectivity index (χ1n) is 11.8. The number of nitrogens with zero attached hydrogens (tertiary/aromatic N) is 5. The Labute approximate surface area is 210 Å². The number of aliphatic imine (C=N–C) groups is 1. The maximum atomic E-state index is 13.3. The lowest BCUT2D eigenvalue weighted by Gasteiger charge is -2.27. The molecule has 10 heteroatoms. The number of halogens is 1. The number of anilines is 1. The van der Waals surface area contributed by atoms with Crippen molar-refractivity contribution < 1.29 is 13.2 Å². The lowest BCUT2D eigenvalue weighted by molar-refractivity contribution is 0.0730. The molecular formula is C25H28ClN5O3S. The predicted molar refractivity (Wildman–Crippen MR) is 138 cm³/mol. The number of para-hydroxylation sites is 1. The lowest BCUT2D eigenvalue weighted by Crippen LogP contribution is -2.40. The Morgan fingerprint density at radius 1 is 1.03 bits per heavy atom. The summed E-state index contributed by atoms with van der Waals surface area (Å²) in [7, 11) is -3.64. The van der Waals surface area contributed by atoms with Crippen molar-refractivity contribution in [1.82, 2.24) is 14.1 Å². The molecule has 8 nitrogen and oxygen atoms in total. The maximum Gasteiger partial charge on any atom is 0.243 e. The second-order valence-corrected chi connectivity index (χ2v) is 11.0. The van der Waals surface area contributed by atoms with Crippen LogP contribution in [-0.2, 0) is 14.8 Å². The largest absolute Gasteiger partial charge is 0.379 e. The smallest absolute Gasteiger partial charge is 0.243 e. The number of hydrogen-bond acceptors (Lipinski definition) is 6. The van der Waals surface area contributed by atoms with E-state index in [-0.39, 0.29) is 4.90 Å². The van der Waals surface area contributed by atoms with Crippen LogP contribution >= 0.6 is 11.6 Å². The van der Waals surface area contributed by atoms with Gasteiger partial charge in [0.05, 0.1) is 46.4 Å². The van der Waals surface area contributed by atoms with Crippen molar-refractivity contribution in [2.45, 2.75) is 24.7 Å². The fourth-order valence-corrected chi connectivity index (χ4v) is 6.21. The monoisotopic (exact) mass is 513 g/mol. The molecule has 3 aromatic rings. The maximum absolute atomic E-state index is 13.3. The van der Waals surface area contributed by atoms with E-state index in [4.69, 9.17) is 21.3 Å². The SMILES string of the molecule is Cc1nn(-c2ccccc2)c(Cl)c1C=Nc1cc(S(=O)(=O)N2CCOCC2)ccc1N1CCCC1. The molecular weight excluding hydrogens is 486 g/mol. The zero-order valence-electron chi connectivity index (χ0n) is 19.6. The number of aromatic nitrogens is 2. The highest BCUT2D eigenvalue weighted by atomic mass is 35.5. The summed E-state index contributed by atoms with van der Waals surface area (Å²) >= 11 is 6.69. The van der Waals surface area contributed by atoms with Crippen LogP contribution in [0.25, 0.3) is 5.69 Å². The molecule has 5 rings (SSSR count). The Morgan fingerprint density at radius 2 is 1.74 bits per heavy atom. The molecule has 1 aromatic heterocycles. The Balaban J connectivity index is 1.53. The summed E-state index contributed by atoms with van der Waals surface area (Å²) in [6.07, 6.45) is 3.89. The lowest BCUT2D eigenvalue weighted by atomic mass is 10.2. The molecule has 0 N–H and O–H groups in total. The van der Waals surface area contributed by atoms with Crippen LogP contribution in [0.4, 0.5) is 11.4 Å². The molecule has 0 aliphatic carbocycles. The van der Waals surface area contributed by atoms with Gasteiger partial charge in [0.1, 0.15) is 5.15 Å². The van der Waals surface area contributed by atoms with E-state index in [0.717, 1.165) is 43.0 Å². The second-order valence-electron chi connectivity index (χ2n) is 8.66. The summed E-state index contributed by atoms with van der Waals surface area (Å²) in [5.74, 6) is 0. The van der Waals surface area contributed by atoms with Gasteiger partial charge in [-0.05, 0) is 50.1 Å². The summed E-state index contributed by atoms with van der Waals surface area (Å²) in [6.45, 7) is 5.23. The molecule has 0 unspecified atom stereocenters. The van der Waals surface area contributed by atoms with E-state index in [1.807, 2.05) is 43.3 Å². The number of sulfonamides is 1. The Morgan fingerprint density at radius 3 is 2.46 bits per heavy atom. The Bertz CT molecular complexity index is 1330. The summed E-state index contributed by atoms with van der Waals surface area (Å²) in [5.41, 5.74) is 3.82. The highest BCUT2D eigenvalue weighted by molar-refractivity contribution is 7.89. The average molecular weight is 514 g/mol. The van der Waals surface area contributed by atoms with Crippen LogP contribution in [-0.4, -0.2) is 68.1 Å². The minimum absolute atomic E-state index is 0.234. The number of ether oxygens (including phenoxy) is 1. The fourth-order valence-electron chi connectivity index (χ4n) is 4.46. The summed E-state index contributed by atoms with van der Waals surface area (Å²) < 4.78 is 35.1. The van der Waals surface area contributed by atoms with E-state index in [1.54, 1.807) is 23.0 Å². The van der Waals surface area contributed by atoms with Gasteiger partial charge in [0.2, 0.25) is 10.0 Å². The highest BCUT2D eigenvalue weighted by Gasteiger charge is 2.28. The summed E-state index contributed by atoms with van der Waals surface area (Å²) in [5, 5.41) is 5.04. The van der Waals surface area contributed by atoms with Gasteiger partial charge in [-0.1, -0.05) is 29.8 Å². The van der Waals surface area contributed by atoms with Crippen molar-refractivity contribution in [3.8, 4) is 5.69 Å². The molecule has 0 saturated carbocycles. The molecule has 0 atom stereocenters. The van der Waals surface area contributed by atoms with Gasteiger partial charge < -0.3 is 9.64 Å². The zero-order valence-corrected chi connectivity index (χ0v) is 21.2. The van der Waals surface area contributed by atoms with Crippen LogP contribution in [0.3, 0.4) is 0 Å². The van der Waals surface area contributed by atoms with Gasteiger partial charge in [-0.3, -0.25) is 4.99 Å². The first-order valence-corrected chi connectivity index (χ1v) is 13.6.